The van der Waals surface area contributed by atoms with E-state index < -0.39 is 12.1 Å². The lowest BCUT2D eigenvalue weighted by Gasteiger charge is -2.25. The molecule has 0 saturated carbocycles. The summed E-state index contributed by atoms with van der Waals surface area (Å²) in [4.78, 5) is 27.2. The summed E-state index contributed by atoms with van der Waals surface area (Å²) in [5.41, 5.74) is 1.31. The average molecular weight is 425 g/mol. The molecule has 0 unspecified atom stereocenters. The first kappa shape index (κ1) is 22.2. The maximum atomic E-state index is 12.9. The van der Waals surface area contributed by atoms with Gasteiger partial charge in [0.1, 0.15) is 13.2 Å². The minimum atomic E-state index is -1.01. The zero-order chi connectivity index (χ0) is 22.2. The SMILES string of the molecule is CCN(CC)C(=O)[C@@H](OC(=O)/C=C/c1cc(OC)c2c(c1)OCCO2)c1ccccc1. The van der Waals surface area contributed by atoms with Crippen LogP contribution in [0.3, 0.4) is 0 Å². The molecule has 7 nitrogen and oxygen atoms in total. The third-order valence-corrected chi connectivity index (χ3v) is 4.90. The Hall–Kier alpha value is -3.48. The number of rotatable bonds is 8. The normalized spacial score (nSPS) is 13.5. The van der Waals surface area contributed by atoms with Crippen molar-refractivity contribution in [3.63, 3.8) is 0 Å². The minimum absolute atomic E-state index is 0.251. The maximum absolute atomic E-state index is 12.9. The number of nitrogens with zero attached hydrogens (tertiary/aromatic N) is 1. The van der Waals surface area contributed by atoms with Gasteiger partial charge in [0.15, 0.2) is 11.5 Å². The van der Waals surface area contributed by atoms with Gasteiger partial charge in [-0.1, -0.05) is 30.3 Å². The molecule has 0 aromatic heterocycles. The molecule has 1 atom stereocenters. The number of ether oxygens (including phenoxy) is 4. The molecule has 1 aliphatic rings. The summed E-state index contributed by atoms with van der Waals surface area (Å²) in [6.07, 6.45) is 1.87. The fourth-order valence-corrected chi connectivity index (χ4v) is 3.30. The van der Waals surface area contributed by atoms with Gasteiger partial charge in [-0.25, -0.2) is 4.79 Å². The van der Waals surface area contributed by atoms with Crippen LogP contribution in [-0.2, 0) is 14.3 Å². The Balaban J connectivity index is 1.79. The molecular weight excluding hydrogens is 398 g/mol. The van der Waals surface area contributed by atoms with E-state index in [0.29, 0.717) is 54.7 Å². The zero-order valence-corrected chi connectivity index (χ0v) is 18.0. The Bertz CT molecular complexity index is 919. The van der Waals surface area contributed by atoms with E-state index in [4.69, 9.17) is 18.9 Å². The lowest BCUT2D eigenvalue weighted by molar-refractivity contribution is -0.157. The number of esters is 1. The topological polar surface area (TPSA) is 74.3 Å². The van der Waals surface area contributed by atoms with Gasteiger partial charge in [0.25, 0.3) is 5.91 Å². The molecular formula is C24H27NO6. The molecule has 1 amide bonds. The fourth-order valence-electron chi connectivity index (χ4n) is 3.30. The van der Waals surface area contributed by atoms with E-state index in [1.165, 1.54) is 6.08 Å². The largest absolute Gasteiger partial charge is 0.493 e. The predicted octanol–water partition coefficient (Wildman–Crippen LogP) is 3.63. The second kappa shape index (κ2) is 10.5. The quantitative estimate of drug-likeness (QED) is 0.475. The molecule has 0 fully saturated rings. The van der Waals surface area contributed by atoms with Crippen molar-refractivity contribution in [1.29, 1.82) is 0 Å². The summed E-state index contributed by atoms with van der Waals surface area (Å²) in [6.45, 7) is 5.73. The molecule has 0 aliphatic carbocycles. The van der Waals surface area contributed by atoms with E-state index in [-0.39, 0.29) is 5.91 Å². The molecule has 3 rings (SSSR count). The van der Waals surface area contributed by atoms with Gasteiger partial charge in [0, 0.05) is 24.7 Å². The third-order valence-electron chi connectivity index (χ3n) is 4.90. The standard InChI is InChI=1S/C24H27NO6/c1-4-25(5-2)24(27)22(18-9-7-6-8-10-18)31-21(26)12-11-17-15-19(28-3)23-20(16-17)29-13-14-30-23/h6-12,15-16,22H,4-5,13-14H2,1-3H3/b12-11+/t22-/m0/s1. The van der Waals surface area contributed by atoms with Gasteiger partial charge in [-0.05, 0) is 37.6 Å². The van der Waals surface area contributed by atoms with Crippen LogP contribution in [0.15, 0.2) is 48.5 Å². The van der Waals surface area contributed by atoms with E-state index in [1.807, 2.05) is 32.0 Å². The van der Waals surface area contributed by atoms with Crippen molar-refractivity contribution >= 4 is 18.0 Å². The highest BCUT2D eigenvalue weighted by atomic mass is 16.6. The number of hydrogen-bond acceptors (Lipinski definition) is 6. The van der Waals surface area contributed by atoms with Crippen LogP contribution in [0.2, 0.25) is 0 Å². The number of carbonyl (C=O) groups is 2. The molecule has 1 heterocycles. The number of benzene rings is 2. The van der Waals surface area contributed by atoms with Crippen LogP contribution in [-0.4, -0.2) is 50.2 Å². The lowest BCUT2D eigenvalue weighted by atomic mass is 10.1. The van der Waals surface area contributed by atoms with Crippen LogP contribution < -0.4 is 14.2 Å². The predicted molar refractivity (Wildman–Crippen MR) is 116 cm³/mol. The third kappa shape index (κ3) is 5.36. The summed E-state index contributed by atoms with van der Waals surface area (Å²) in [7, 11) is 1.54. The average Bonchev–Trinajstić information content (AvgIpc) is 2.81. The molecule has 0 N–H and O–H groups in total. The number of likely N-dealkylation sites (N-methyl/N-ethyl adjacent to an activating group) is 1. The van der Waals surface area contributed by atoms with E-state index >= 15 is 0 Å². The molecule has 0 radical (unpaired) electrons. The smallest absolute Gasteiger partial charge is 0.331 e. The van der Waals surface area contributed by atoms with E-state index in [2.05, 4.69) is 0 Å². The van der Waals surface area contributed by atoms with Crippen LogP contribution >= 0.6 is 0 Å². The number of methoxy groups -OCH3 is 1. The lowest BCUT2D eigenvalue weighted by Crippen LogP contribution is -2.36. The van der Waals surface area contributed by atoms with Gasteiger partial charge < -0.3 is 23.8 Å². The van der Waals surface area contributed by atoms with E-state index in [1.54, 1.807) is 42.4 Å². The highest BCUT2D eigenvalue weighted by molar-refractivity contribution is 5.91. The number of hydrogen-bond donors (Lipinski definition) is 0. The Kier molecular flexibility index (Phi) is 7.54. The van der Waals surface area contributed by atoms with E-state index in [9.17, 15) is 9.59 Å². The maximum Gasteiger partial charge on any atom is 0.331 e. The van der Waals surface area contributed by atoms with Crippen LogP contribution in [0.1, 0.15) is 31.1 Å². The van der Waals surface area contributed by atoms with Crippen molar-refractivity contribution in [3.8, 4) is 17.2 Å². The second-order valence-corrected chi connectivity index (χ2v) is 6.82. The van der Waals surface area contributed by atoms with Gasteiger partial charge in [0.05, 0.1) is 7.11 Å². The molecule has 0 spiro atoms. The van der Waals surface area contributed by atoms with Gasteiger partial charge in [-0.15, -0.1) is 0 Å². The zero-order valence-electron chi connectivity index (χ0n) is 18.0. The Morgan fingerprint density at radius 2 is 1.81 bits per heavy atom. The van der Waals surface area contributed by atoms with Gasteiger partial charge in [-0.2, -0.15) is 0 Å². The van der Waals surface area contributed by atoms with Crippen molar-refractivity contribution in [2.75, 3.05) is 33.4 Å². The van der Waals surface area contributed by atoms with Crippen molar-refractivity contribution in [3.05, 3.63) is 59.7 Å². The number of fused-ring (bicyclic) bond motifs is 1. The molecule has 2 aromatic rings. The van der Waals surface area contributed by atoms with Crippen molar-refractivity contribution in [2.45, 2.75) is 20.0 Å². The molecule has 2 aromatic carbocycles. The first-order valence-corrected chi connectivity index (χ1v) is 10.3. The Morgan fingerprint density at radius 1 is 1.10 bits per heavy atom. The number of amides is 1. The van der Waals surface area contributed by atoms with Crippen molar-refractivity contribution in [1.82, 2.24) is 4.90 Å². The van der Waals surface area contributed by atoms with Crippen molar-refractivity contribution < 1.29 is 28.5 Å². The van der Waals surface area contributed by atoms with Crippen LogP contribution in [0.25, 0.3) is 6.08 Å². The minimum Gasteiger partial charge on any atom is -0.493 e. The molecule has 7 heteroatoms. The van der Waals surface area contributed by atoms with Crippen molar-refractivity contribution in [2.24, 2.45) is 0 Å². The number of carbonyl (C=O) groups excluding carboxylic acids is 2. The highest BCUT2D eigenvalue weighted by Gasteiger charge is 2.27. The molecule has 31 heavy (non-hydrogen) atoms. The first-order chi connectivity index (χ1) is 15.1. The highest BCUT2D eigenvalue weighted by Crippen LogP contribution is 2.40. The summed E-state index contributed by atoms with van der Waals surface area (Å²) >= 11 is 0. The second-order valence-electron chi connectivity index (χ2n) is 6.82. The molecule has 164 valence electrons. The van der Waals surface area contributed by atoms with Gasteiger partial charge >= 0.3 is 5.97 Å². The first-order valence-electron chi connectivity index (χ1n) is 10.3. The summed E-state index contributed by atoms with van der Waals surface area (Å²) < 4.78 is 22.1. The van der Waals surface area contributed by atoms with Gasteiger partial charge in [0.2, 0.25) is 11.9 Å². The van der Waals surface area contributed by atoms with E-state index in [0.717, 1.165) is 0 Å². The van der Waals surface area contributed by atoms with Crippen LogP contribution in [0, 0.1) is 0 Å². The Labute approximate surface area is 182 Å². The van der Waals surface area contributed by atoms with Gasteiger partial charge in [-0.3, -0.25) is 4.79 Å². The summed E-state index contributed by atoms with van der Waals surface area (Å²) in [5, 5.41) is 0. The van der Waals surface area contributed by atoms with Crippen LogP contribution in [0.5, 0.6) is 17.2 Å². The Morgan fingerprint density at radius 3 is 2.48 bits per heavy atom. The van der Waals surface area contributed by atoms with Crippen LogP contribution in [0.4, 0.5) is 0 Å². The molecule has 0 saturated heterocycles. The molecule has 1 aliphatic heterocycles. The summed E-state index contributed by atoms with van der Waals surface area (Å²) in [5.74, 6) is 0.742. The monoisotopic (exact) mass is 425 g/mol. The summed E-state index contributed by atoms with van der Waals surface area (Å²) in [6, 6.07) is 12.5. The molecule has 0 bridgehead atoms. The fraction of sp³-hybridized carbons (Fsp3) is 0.333.